The van der Waals surface area contributed by atoms with Crippen LogP contribution >= 0.6 is 11.3 Å². The maximum atomic E-state index is 12.8. The zero-order valence-corrected chi connectivity index (χ0v) is 16.8. The molecule has 0 radical (unpaired) electrons. The Morgan fingerprint density at radius 2 is 2.28 bits per heavy atom. The van der Waals surface area contributed by atoms with E-state index in [9.17, 15) is 4.79 Å². The quantitative estimate of drug-likeness (QED) is 0.543. The molecule has 5 rings (SSSR count). The van der Waals surface area contributed by atoms with Crippen LogP contribution in [0.15, 0.2) is 39.4 Å². The maximum absolute atomic E-state index is 12.8. The summed E-state index contributed by atoms with van der Waals surface area (Å²) in [7, 11) is 1.66. The summed E-state index contributed by atoms with van der Waals surface area (Å²) in [5.74, 6) is 1.92. The number of nitrogens with one attached hydrogen (secondary N) is 1. The van der Waals surface area contributed by atoms with Crippen molar-refractivity contribution in [3.05, 3.63) is 52.2 Å². The fraction of sp³-hybridized carbons (Fsp3) is 0.286. The number of benzene rings is 1. The summed E-state index contributed by atoms with van der Waals surface area (Å²) in [5.41, 5.74) is 4.38. The molecule has 0 bridgehead atoms. The molecule has 0 spiro atoms. The summed E-state index contributed by atoms with van der Waals surface area (Å²) in [6, 6.07) is 7.94. The highest BCUT2D eigenvalue weighted by Gasteiger charge is 2.24. The molecule has 148 valence electrons. The summed E-state index contributed by atoms with van der Waals surface area (Å²) in [6.07, 6.45) is 1.62. The molecule has 0 saturated heterocycles. The van der Waals surface area contributed by atoms with Gasteiger partial charge in [0, 0.05) is 65.5 Å². The highest BCUT2D eigenvalue weighted by Crippen LogP contribution is 2.30. The van der Waals surface area contributed by atoms with Gasteiger partial charge in [0.15, 0.2) is 0 Å². The Morgan fingerprint density at radius 3 is 3.10 bits per heavy atom. The van der Waals surface area contributed by atoms with Gasteiger partial charge in [0.2, 0.25) is 17.7 Å². The second kappa shape index (κ2) is 7.36. The number of fused-ring (bicyclic) bond motifs is 3. The van der Waals surface area contributed by atoms with E-state index < -0.39 is 0 Å². The fourth-order valence-electron chi connectivity index (χ4n) is 3.76. The van der Waals surface area contributed by atoms with Gasteiger partial charge in [-0.15, -0.1) is 10.2 Å². The first-order valence-corrected chi connectivity index (χ1v) is 10.5. The Morgan fingerprint density at radius 1 is 1.34 bits per heavy atom. The second-order valence-corrected chi connectivity index (χ2v) is 7.85. The third-order valence-corrected chi connectivity index (χ3v) is 6.01. The Labute approximate surface area is 171 Å². The molecule has 4 aromatic rings. The van der Waals surface area contributed by atoms with E-state index in [0.29, 0.717) is 37.7 Å². The van der Waals surface area contributed by atoms with Crippen LogP contribution in [0.25, 0.3) is 22.4 Å². The molecule has 0 aliphatic carbocycles. The minimum absolute atomic E-state index is 0.100. The van der Waals surface area contributed by atoms with Gasteiger partial charge in [0.05, 0.1) is 7.11 Å². The molecule has 1 N–H and O–H groups in total. The van der Waals surface area contributed by atoms with Crippen molar-refractivity contribution in [2.75, 3.05) is 13.7 Å². The number of carbonyl (C=O) groups excluding carboxylic acids is 1. The SMILES string of the molecule is COc1ccc2[nH]c3c(c2c1)CN(C(=O)CCc1nnc(-c2ccsc2)o1)CC3. The molecule has 1 aromatic carbocycles. The minimum Gasteiger partial charge on any atom is -0.497 e. The zero-order valence-electron chi connectivity index (χ0n) is 16.0. The topological polar surface area (TPSA) is 84.2 Å². The van der Waals surface area contributed by atoms with Crippen LogP contribution < -0.4 is 4.74 Å². The van der Waals surface area contributed by atoms with Crippen LogP contribution in [0.2, 0.25) is 0 Å². The lowest BCUT2D eigenvalue weighted by atomic mass is 10.0. The summed E-state index contributed by atoms with van der Waals surface area (Å²) in [6.45, 7) is 1.31. The Hall–Kier alpha value is -3.13. The summed E-state index contributed by atoms with van der Waals surface area (Å²) >= 11 is 1.58. The molecular weight excluding hydrogens is 388 g/mol. The van der Waals surface area contributed by atoms with Crippen LogP contribution in [0.3, 0.4) is 0 Å². The number of aromatic nitrogens is 3. The second-order valence-electron chi connectivity index (χ2n) is 7.07. The van der Waals surface area contributed by atoms with Gasteiger partial charge in [-0.1, -0.05) is 0 Å². The number of nitrogens with zero attached hydrogens (tertiary/aromatic N) is 3. The smallest absolute Gasteiger partial charge is 0.248 e. The highest BCUT2D eigenvalue weighted by atomic mass is 32.1. The Balaban J connectivity index is 1.27. The monoisotopic (exact) mass is 408 g/mol. The number of methoxy groups -OCH3 is 1. The third-order valence-electron chi connectivity index (χ3n) is 5.32. The molecule has 0 atom stereocenters. The number of amides is 1. The van der Waals surface area contributed by atoms with Crippen molar-refractivity contribution >= 4 is 28.1 Å². The molecule has 1 aliphatic rings. The predicted molar refractivity (Wildman–Crippen MR) is 110 cm³/mol. The summed E-state index contributed by atoms with van der Waals surface area (Å²) in [5, 5.41) is 13.2. The lowest BCUT2D eigenvalue weighted by Crippen LogP contribution is -2.35. The van der Waals surface area contributed by atoms with E-state index in [2.05, 4.69) is 15.2 Å². The van der Waals surface area contributed by atoms with Gasteiger partial charge >= 0.3 is 0 Å². The van der Waals surface area contributed by atoms with Crippen LogP contribution in [0.5, 0.6) is 5.75 Å². The van der Waals surface area contributed by atoms with Crippen molar-refractivity contribution in [1.29, 1.82) is 0 Å². The summed E-state index contributed by atoms with van der Waals surface area (Å²) < 4.78 is 11.0. The van der Waals surface area contributed by atoms with E-state index in [0.717, 1.165) is 28.6 Å². The molecule has 1 aliphatic heterocycles. The largest absolute Gasteiger partial charge is 0.497 e. The number of thiophene rings is 1. The average Bonchev–Trinajstić information content (AvgIpc) is 3.50. The van der Waals surface area contributed by atoms with Gasteiger partial charge in [-0.05, 0) is 29.6 Å². The van der Waals surface area contributed by atoms with Gasteiger partial charge in [0.25, 0.3) is 0 Å². The number of aryl methyl sites for hydroxylation is 1. The van der Waals surface area contributed by atoms with Crippen molar-refractivity contribution in [2.45, 2.75) is 25.8 Å². The number of H-pyrrole nitrogens is 1. The van der Waals surface area contributed by atoms with E-state index >= 15 is 0 Å². The maximum Gasteiger partial charge on any atom is 0.248 e. The molecule has 1 amide bonds. The van der Waals surface area contributed by atoms with Gasteiger partial charge in [-0.2, -0.15) is 11.3 Å². The van der Waals surface area contributed by atoms with Crippen molar-refractivity contribution in [3.63, 3.8) is 0 Å². The Bertz CT molecular complexity index is 1160. The Kier molecular flexibility index (Phi) is 4.55. The first-order chi connectivity index (χ1) is 14.2. The minimum atomic E-state index is 0.100. The molecule has 7 nitrogen and oxygen atoms in total. The number of rotatable bonds is 5. The predicted octanol–water partition coefficient (Wildman–Crippen LogP) is 3.81. The fourth-order valence-corrected chi connectivity index (χ4v) is 4.39. The van der Waals surface area contributed by atoms with E-state index in [1.807, 2.05) is 39.9 Å². The van der Waals surface area contributed by atoms with Crippen LogP contribution in [-0.4, -0.2) is 39.6 Å². The molecular formula is C21H20N4O3S. The average molecular weight is 408 g/mol. The molecule has 8 heteroatoms. The van der Waals surface area contributed by atoms with E-state index in [-0.39, 0.29) is 5.91 Å². The molecule has 4 heterocycles. The van der Waals surface area contributed by atoms with Crippen molar-refractivity contribution in [3.8, 4) is 17.2 Å². The zero-order chi connectivity index (χ0) is 19.8. The normalized spacial score (nSPS) is 13.6. The van der Waals surface area contributed by atoms with Crippen LogP contribution in [0, 0.1) is 0 Å². The molecule has 0 unspecified atom stereocenters. The number of hydrogen-bond donors (Lipinski definition) is 1. The first kappa shape index (κ1) is 17.9. The van der Waals surface area contributed by atoms with E-state index in [4.69, 9.17) is 9.15 Å². The van der Waals surface area contributed by atoms with Gasteiger partial charge in [0.1, 0.15) is 5.75 Å². The van der Waals surface area contributed by atoms with Crippen molar-refractivity contribution in [2.24, 2.45) is 0 Å². The highest BCUT2D eigenvalue weighted by molar-refractivity contribution is 7.08. The number of hydrogen-bond acceptors (Lipinski definition) is 6. The standard InChI is InChI=1S/C21H20N4O3S/c1-27-14-2-3-17-15(10-14)16-11-25(8-6-18(16)22-17)20(26)5-4-19-23-24-21(28-19)13-7-9-29-12-13/h2-3,7,9-10,12,22H,4-6,8,11H2,1H3. The van der Waals surface area contributed by atoms with Crippen LogP contribution in [0.1, 0.15) is 23.6 Å². The van der Waals surface area contributed by atoms with E-state index in [1.54, 1.807) is 18.4 Å². The van der Waals surface area contributed by atoms with Gasteiger partial charge in [-0.25, -0.2) is 0 Å². The van der Waals surface area contributed by atoms with Gasteiger partial charge < -0.3 is 19.0 Å². The lowest BCUT2D eigenvalue weighted by molar-refractivity contribution is -0.132. The molecule has 0 saturated carbocycles. The number of aromatic amines is 1. The summed E-state index contributed by atoms with van der Waals surface area (Å²) in [4.78, 5) is 18.2. The third kappa shape index (κ3) is 3.40. The van der Waals surface area contributed by atoms with E-state index in [1.165, 1.54) is 11.3 Å². The number of carbonyl (C=O) groups is 1. The van der Waals surface area contributed by atoms with Gasteiger partial charge in [-0.3, -0.25) is 4.79 Å². The molecule has 29 heavy (non-hydrogen) atoms. The van der Waals surface area contributed by atoms with Crippen LogP contribution in [-0.2, 0) is 24.2 Å². The van der Waals surface area contributed by atoms with Crippen molar-refractivity contribution < 1.29 is 13.9 Å². The molecule has 3 aromatic heterocycles. The lowest BCUT2D eigenvalue weighted by Gasteiger charge is -2.27. The van der Waals surface area contributed by atoms with Crippen LogP contribution in [0.4, 0.5) is 0 Å². The number of ether oxygens (including phenoxy) is 1. The first-order valence-electron chi connectivity index (χ1n) is 9.51. The van der Waals surface area contributed by atoms with Crippen molar-refractivity contribution in [1.82, 2.24) is 20.1 Å². The molecule has 0 fully saturated rings.